The Bertz CT molecular complexity index is 1380. The highest BCUT2D eigenvalue weighted by atomic mass is 35.5. The van der Waals surface area contributed by atoms with Crippen LogP contribution in [0.2, 0.25) is 0 Å². The summed E-state index contributed by atoms with van der Waals surface area (Å²) in [5.41, 5.74) is 4.02. The van der Waals surface area contributed by atoms with Gasteiger partial charge in [0.05, 0.1) is 6.54 Å². The van der Waals surface area contributed by atoms with Crippen LogP contribution in [0.25, 0.3) is 0 Å². The molecule has 0 spiro atoms. The van der Waals surface area contributed by atoms with Crippen molar-refractivity contribution in [2.24, 2.45) is 0 Å². The fourth-order valence-electron chi connectivity index (χ4n) is 4.72. The lowest BCUT2D eigenvalue weighted by Crippen LogP contribution is -2.48. The Hall–Kier alpha value is -3.94. The van der Waals surface area contributed by atoms with Gasteiger partial charge in [-0.2, -0.15) is 0 Å². The molecule has 7 nitrogen and oxygen atoms in total. The van der Waals surface area contributed by atoms with Gasteiger partial charge in [0.25, 0.3) is 17.7 Å². The van der Waals surface area contributed by atoms with Crippen molar-refractivity contribution in [2.75, 3.05) is 31.5 Å². The van der Waals surface area contributed by atoms with Crippen LogP contribution in [0.1, 0.15) is 27.0 Å². The molecule has 38 heavy (non-hydrogen) atoms. The van der Waals surface area contributed by atoms with Crippen LogP contribution in [0, 0.1) is 6.92 Å². The van der Waals surface area contributed by atoms with Crippen molar-refractivity contribution >= 4 is 35.0 Å². The number of nitrogens with one attached hydrogen (secondary N) is 1. The van der Waals surface area contributed by atoms with E-state index >= 15 is 0 Å². The second-order valence-electron chi connectivity index (χ2n) is 9.58. The molecule has 194 valence electrons. The van der Waals surface area contributed by atoms with E-state index < -0.39 is 11.8 Å². The Morgan fingerprint density at radius 1 is 0.816 bits per heavy atom. The lowest BCUT2D eigenvalue weighted by atomic mass is 10.1. The average Bonchev–Trinajstić information content (AvgIpc) is 3.14. The van der Waals surface area contributed by atoms with E-state index in [1.54, 1.807) is 12.1 Å². The summed E-state index contributed by atoms with van der Waals surface area (Å²) in [6.45, 7) is 5.75. The quantitative estimate of drug-likeness (QED) is 0.461. The van der Waals surface area contributed by atoms with Crippen molar-refractivity contribution in [3.05, 3.63) is 112 Å². The summed E-state index contributed by atoms with van der Waals surface area (Å²) in [5, 5.41) is 2.89. The van der Waals surface area contributed by atoms with Gasteiger partial charge in [-0.05, 0) is 35.7 Å². The normalized spacial score (nSPS) is 16.4. The first-order valence-electron chi connectivity index (χ1n) is 12.6. The summed E-state index contributed by atoms with van der Waals surface area (Å²) >= 11 is 6.31. The number of nitrogens with zero attached hydrogens (tertiary/aromatic N) is 3. The molecule has 5 rings (SSSR count). The van der Waals surface area contributed by atoms with Gasteiger partial charge in [0.15, 0.2) is 0 Å². The summed E-state index contributed by atoms with van der Waals surface area (Å²) in [5.74, 6) is -1.09. The van der Waals surface area contributed by atoms with Crippen LogP contribution in [0.3, 0.4) is 0 Å². The molecular weight excluding hydrogens is 500 g/mol. The number of benzene rings is 3. The second kappa shape index (κ2) is 11.2. The number of rotatable bonds is 7. The first-order valence-corrected chi connectivity index (χ1v) is 13.0. The molecule has 0 bridgehead atoms. The highest BCUT2D eigenvalue weighted by Crippen LogP contribution is 2.29. The number of imide groups is 1. The van der Waals surface area contributed by atoms with Crippen molar-refractivity contribution in [1.29, 1.82) is 0 Å². The van der Waals surface area contributed by atoms with E-state index in [2.05, 4.69) is 22.3 Å². The Kier molecular flexibility index (Phi) is 7.58. The van der Waals surface area contributed by atoms with Crippen LogP contribution in [-0.4, -0.2) is 58.6 Å². The Morgan fingerprint density at radius 2 is 1.42 bits per heavy atom. The molecule has 3 amide bonds. The highest BCUT2D eigenvalue weighted by molar-refractivity contribution is 6.48. The van der Waals surface area contributed by atoms with Crippen LogP contribution in [-0.2, 0) is 22.7 Å². The molecule has 2 aliphatic rings. The molecule has 0 radical (unpaired) electrons. The maximum Gasteiger partial charge on any atom is 0.279 e. The van der Waals surface area contributed by atoms with Gasteiger partial charge in [0.1, 0.15) is 10.7 Å². The molecule has 0 unspecified atom stereocenters. The summed E-state index contributed by atoms with van der Waals surface area (Å²) in [6, 6.07) is 24.9. The fraction of sp³-hybridized carbons (Fsp3) is 0.233. The third-order valence-electron chi connectivity index (χ3n) is 6.95. The van der Waals surface area contributed by atoms with Crippen LogP contribution >= 0.6 is 11.6 Å². The van der Waals surface area contributed by atoms with Crippen LogP contribution < -0.4 is 5.32 Å². The summed E-state index contributed by atoms with van der Waals surface area (Å²) < 4.78 is 0. The van der Waals surface area contributed by atoms with Gasteiger partial charge in [-0.3, -0.25) is 24.2 Å². The zero-order chi connectivity index (χ0) is 26.6. The summed E-state index contributed by atoms with van der Waals surface area (Å²) in [6.07, 6.45) is 0. The van der Waals surface area contributed by atoms with Crippen molar-refractivity contribution in [2.45, 2.75) is 20.0 Å². The minimum Gasteiger partial charge on any atom is -0.349 e. The molecule has 0 aromatic heterocycles. The fourth-order valence-corrected chi connectivity index (χ4v) is 4.95. The van der Waals surface area contributed by atoms with Crippen molar-refractivity contribution < 1.29 is 14.4 Å². The van der Waals surface area contributed by atoms with Gasteiger partial charge in [-0.1, -0.05) is 78.3 Å². The number of carbonyl (C=O) groups is 3. The van der Waals surface area contributed by atoms with Gasteiger partial charge in [0.2, 0.25) is 0 Å². The van der Waals surface area contributed by atoms with Crippen molar-refractivity contribution in [3.8, 4) is 0 Å². The van der Waals surface area contributed by atoms with E-state index in [0.717, 1.165) is 35.7 Å². The van der Waals surface area contributed by atoms with E-state index in [-0.39, 0.29) is 23.2 Å². The third kappa shape index (κ3) is 5.49. The van der Waals surface area contributed by atoms with Crippen LogP contribution in [0.4, 0.5) is 5.69 Å². The zero-order valence-corrected chi connectivity index (χ0v) is 21.9. The summed E-state index contributed by atoms with van der Waals surface area (Å²) in [7, 11) is 0. The highest BCUT2D eigenvalue weighted by Gasteiger charge is 2.38. The van der Waals surface area contributed by atoms with Crippen LogP contribution in [0.15, 0.2) is 89.6 Å². The molecular formula is C30H29ClN4O3. The standard InChI is InChI=1S/C30H29ClN4O3/c1-21-12-13-24(28(36)34-16-14-33(15-17-34)19-22-8-4-2-5-9-22)18-25(21)32-27-26(31)29(37)35(30(27)38)20-23-10-6-3-7-11-23/h2-13,18,32H,14-17,19-20H2,1H3. The monoisotopic (exact) mass is 528 g/mol. The number of carbonyl (C=O) groups excluding carboxylic acids is 3. The van der Waals surface area contributed by atoms with E-state index in [1.807, 2.05) is 66.4 Å². The lowest BCUT2D eigenvalue weighted by Gasteiger charge is -2.35. The number of aryl methyl sites for hydroxylation is 1. The third-order valence-corrected chi connectivity index (χ3v) is 7.30. The molecule has 2 heterocycles. The summed E-state index contributed by atoms with van der Waals surface area (Å²) in [4.78, 5) is 44.5. The molecule has 1 N–H and O–H groups in total. The maximum atomic E-state index is 13.3. The topological polar surface area (TPSA) is 73.0 Å². The molecule has 8 heteroatoms. The molecule has 2 aliphatic heterocycles. The number of hydrogen-bond donors (Lipinski definition) is 1. The number of anilines is 1. The smallest absolute Gasteiger partial charge is 0.279 e. The Balaban J connectivity index is 1.25. The zero-order valence-electron chi connectivity index (χ0n) is 21.2. The number of halogens is 1. The van der Waals surface area contributed by atoms with Crippen molar-refractivity contribution in [1.82, 2.24) is 14.7 Å². The molecule has 0 aliphatic carbocycles. The minimum absolute atomic E-state index is 0.0230. The van der Waals surface area contributed by atoms with E-state index in [4.69, 9.17) is 11.6 Å². The average molecular weight is 529 g/mol. The van der Waals surface area contributed by atoms with Gasteiger partial charge < -0.3 is 10.2 Å². The molecule has 1 fully saturated rings. The molecule has 1 saturated heterocycles. The number of amides is 3. The number of hydrogen-bond acceptors (Lipinski definition) is 5. The SMILES string of the molecule is Cc1ccc(C(=O)N2CCN(Cc3ccccc3)CC2)cc1NC1=C(Cl)C(=O)N(Cc2ccccc2)C1=O. The van der Waals surface area contributed by atoms with Gasteiger partial charge >= 0.3 is 0 Å². The molecule has 3 aromatic rings. The van der Waals surface area contributed by atoms with Gasteiger partial charge in [-0.25, -0.2) is 0 Å². The van der Waals surface area contributed by atoms with E-state index in [1.165, 1.54) is 5.56 Å². The Morgan fingerprint density at radius 3 is 2.05 bits per heavy atom. The van der Waals surface area contributed by atoms with E-state index in [9.17, 15) is 14.4 Å². The predicted octanol–water partition coefficient (Wildman–Crippen LogP) is 4.38. The van der Waals surface area contributed by atoms with Crippen molar-refractivity contribution in [3.63, 3.8) is 0 Å². The Labute approximate surface area is 227 Å². The largest absolute Gasteiger partial charge is 0.349 e. The molecule has 3 aromatic carbocycles. The minimum atomic E-state index is -0.540. The molecule has 0 saturated carbocycles. The van der Waals surface area contributed by atoms with Crippen LogP contribution in [0.5, 0.6) is 0 Å². The predicted molar refractivity (Wildman–Crippen MR) is 147 cm³/mol. The first kappa shape index (κ1) is 25.7. The maximum absolute atomic E-state index is 13.3. The van der Waals surface area contributed by atoms with E-state index in [0.29, 0.717) is 24.3 Å². The first-order chi connectivity index (χ1) is 18.4. The second-order valence-corrected chi connectivity index (χ2v) is 9.96. The number of piperazine rings is 1. The lowest BCUT2D eigenvalue weighted by molar-refractivity contribution is -0.138. The van der Waals surface area contributed by atoms with Gasteiger partial charge in [-0.15, -0.1) is 0 Å². The molecule has 0 atom stereocenters. The van der Waals surface area contributed by atoms with Gasteiger partial charge in [0, 0.05) is 44.0 Å².